The number of anilines is 2. The number of amides is 1. The van der Waals surface area contributed by atoms with Crippen molar-refractivity contribution in [2.24, 2.45) is 5.41 Å². The SMILES string of the molecule is COc1ccc2ncc(N(C)C)c(C(O)CCC3(C(=O)NO)CCN(CCNc4cc(F)cc(F)c4)CC3)c2c1. The number of hydrogen-bond donors (Lipinski definition) is 4. The molecule has 2 aromatic carbocycles. The molecule has 1 atom stereocenters. The van der Waals surface area contributed by atoms with Crippen LogP contribution in [0, 0.1) is 17.0 Å². The number of methoxy groups -OCH3 is 1. The van der Waals surface area contributed by atoms with Gasteiger partial charge in [0.25, 0.3) is 0 Å². The van der Waals surface area contributed by atoms with Gasteiger partial charge in [0.2, 0.25) is 5.91 Å². The highest BCUT2D eigenvalue weighted by Gasteiger charge is 2.41. The van der Waals surface area contributed by atoms with E-state index in [1.54, 1.807) is 13.3 Å². The number of carbonyl (C=O) groups is 1. The molecule has 4 N–H and O–H groups in total. The summed E-state index contributed by atoms with van der Waals surface area (Å²) in [6, 6.07) is 8.83. The topological polar surface area (TPSA) is 110 Å². The molecule has 0 spiro atoms. The molecule has 1 unspecified atom stereocenters. The molecule has 1 aromatic heterocycles. The Morgan fingerprint density at radius 2 is 1.88 bits per heavy atom. The van der Waals surface area contributed by atoms with Crippen LogP contribution in [0.3, 0.4) is 0 Å². The summed E-state index contributed by atoms with van der Waals surface area (Å²) in [5, 5.41) is 24.8. The summed E-state index contributed by atoms with van der Waals surface area (Å²) < 4.78 is 32.3. The molecule has 0 bridgehead atoms. The highest BCUT2D eigenvalue weighted by atomic mass is 19.1. The number of nitrogens with one attached hydrogen (secondary N) is 2. The fourth-order valence-electron chi connectivity index (χ4n) is 5.50. The third-order valence-corrected chi connectivity index (χ3v) is 7.82. The number of likely N-dealkylation sites (tertiary alicyclic amines) is 1. The molecule has 1 amide bonds. The second-order valence-electron chi connectivity index (χ2n) is 10.5. The van der Waals surface area contributed by atoms with Crippen LogP contribution in [0.2, 0.25) is 0 Å². The van der Waals surface area contributed by atoms with Gasteiger partial charge in [0.15, 0.2) is 0 Å². The van der Waals surface area contributed by atoms with Crippen molar-refractivity contribution in [1.29, 1.82) is 0 Å². The maximum absolute atomic E-state index is 13.4. The predicted octanol–water partition coefficient (Wildman–Crippen LogP) is 4.10. The van der Waals surface area contributed by atoms with Crippen molar-refractivity contribution in [3.63, 3.8) is 0 Å². The summed E-state index contributed by atoms with van der Waals surface area (Å²) in [6.45, 7) is 2.30. The van der Waals surface area contributed by atoms with E-state index >= 15 is 0 Å². The highest BCUT2D eigenvalue weighted by Crippen LogP contribution is 2.41. The molecule has 0 aliphatic carbocycles. The highest BCUT2D eigenvalue weighted by molar-refractivity contribution is 5.88. The van der Waals surface area contributed by atoms with E-state index in [9.17, 15) is 23.9 Å². The molecule has 1 saturated heterocycles. The third-order valence-electron chi connectivity index (χ3n) is 7.82. The number of nitrogens with zero attached hydrogens (tertiary/aromatic N) is 3. The van der Waals surface area contributed by atoms with Crippen molar-refractivity contribution in [1.82, 2.24) is 15.4 Å². The van der Waals surface area contributed by atoms with Crippen LogP contribution in [-0.4, -0.2) is 73.5 Å². The standard InChI is InChI=1S/C29H37F2N5O4/c1-35(2)25-18-33-24-5-4-22(40-3)17-23(24)27(25)26(37)6-7-29(28(38)34-39)8-11-36(12-9-29)13-10-32-21-15-19(30)14-20(31)16-21/h4-5,14-18,26,32,37,39H,6-13H2,1-3H3,(H,34,38). The minimum atomic E-state index is -0.882. The average Bonchev–Trinajstić information content (AvgIpc) is 2.94. The molecule has 1 aliphatic heterocycles. The van der Waals surface area contributed by atoms with Crippen LogP contribution in [0.15, 0.2) is 42.6 Å². The lowest BCUT2D eigenvalue weighted by Gasteiger charge is -2.40. The summed E-state index contributed by atoms with van der Waals surface area (Å²) in [4.78, 5) is 21.5. The molecule has 216 valence electrons. The molecular weight excluding hydrogens is 520 g/mol. The molecule has 4 rings (SSSR count). The fourth-order valence-corrected chi connectivity index (χ4v) is 5.50. The van der Waals surface area contributed by atoms with Gasteiger partial charge in [-0.15, -0.1) is 0 Å². The molecule has 40 heavy (non-hydrogen) atoms. The number of aromatic nitrogens is 1. The van der Waals surface area contributed by atoms with Crippen LogP contribution >= 0.6 is 0 Å². The van der Waals surface area contributed by atoms with E-state index < -0.39 is 29.1 Å². The number of halogens is 2. The van der Waals surface area contributed by atoms with Crippen molar-refractivity contribution in [2.45, 2.75) is 31.8 Å². The van der Waals surface area contributed by atoms with Crippen LogP contribution < -0.4 is 20.4 Å². The Morgan fingerprint density at radius 1 is 1.18 bits per heavy atom. The van der Waals surface area contributed by atoms with E-state index in [1.807, 2.05) is 42.7 Å². The van der Waals surface area contributed by atoms with Crippen LogP contribution in [-0.2, 0) is 4.79 Å². The maximum Gasteiger partial charge on any atom is 0.249 e. The Balaban J connectivity index is 1.44. The quantitative estimate of drug-likeness (QED) is 0.206. The van der Waals surface area contributed by atoms with E-state index in [2.05, 4.69) is 15.2 Å². The second kappa shape index (κ2) is 12.8. The zero-order valence-electron chi connectivity index (χ0n) is 23.1. The summed E-state index contributed by atoms with van der Waals surface area (Å²) >= 11 is 0. The Morgan fingerprint density at radius 3 is 2.50 bits per heavy atom. The Labute approximate surface area is 232 Å². The van der Waals surface area contributed by atoms with Crippen molar-refractivity contribution >= 4 is 28.2 Å². The zero-order valence-corrected chi connectivity index (χ0v) is 23.1. The number of aliphatic hydroxyl groups excluding tert-OH is 1. The molecule has 1 aliphatic rings. The molecule has 1 fully saturated rings. The molecule has 3 aromatic rings. The van der Waals surface area contributed by atoms with Crippen molar-refractivity contribution in [2.75, 3.05) is 57.6 Å². The van der Waals surface area contributed by atoms with Crippen LogP contribution in [0.25, 0.3) is 10.9 Å². The third kappa shape index (κ3) is 6.60. The molecular formula is C29H37F2N5O4. The lowest BCUT2D eigenvalue weighted by molar-refractivity contribution is -0.143. The molecule has 2 heterocycles. The lowest BCUT2D eigenvalue weighted by atomic mass is 9.73. The number of pyridine rings is 1. The summed E-state index contributed by atoms with van der Waals surface area (Å²) in [5.74, 6) is -1.08. The van der Waals surface area contributed by atoms with E-state index in [0.717, 1.165) is 22.7 Å². The van der Waals surface area contributed by atoms with Gasteiger partial charge in [-0.1, -0.05) is 0 Å². The van der Waals surface area contributed by atoms with Crippen LogP contribution in [0.4, 0.5) is 20.2 Å². The minimum Gasteiger partial charge on any atom is -0.497 e. The summed E-state index contributed by atoms with van der Waals surface area (Å²) in [5.41, 5.74) is 3.59. The largest absolute Gasteiger partial charge is 0.497 e. The number of rotatable bonds is 11. The Kier molecular flexibility index (Phi) is 9.39. The number of hydrogen-bond acceptors (Lipinski definition) is 8. The van der Waals surface area contributed by atoms with Crippen molar-refractivity contribution in [3.8, 4) is 5.75 Å². The smallest absolute Gasteiger partial charge is 0.249 e. The van der Waals surface area contributed by atoms with Gasteiger partial charge < -0.3 is 25.0 Å². The first kappa shape index (κ1) is 29.4. The summed E-state index contributed by atoms with van der Waals surface area (Å²) in [7, 11) is 5.35. The number of fused-ring (bicyclic) bond motifs is 1. The number of benzene rings is 2. The number of ether oxygens (including phenoxy) is 1. The Hall–Kier alpha value is -3.54. The first-order chi connectivity index (χ1) is 19.2. The number of aliphatic hydroxyl groups is 1. The minimum absolute atomic E-state index is 0.303. The number of piperidine rings is 1. The lowest BCUT2D eigenvalue weighted by Crippen LogP contribution is -2.49. The first-order valence-electron chi connectivity index (χ1n) is 13.3. The van der Waals surface area contributed by atoms with E-state index in [0.29, 0.717) is 68.9 Å². The molecule has 0 radical (unpaired) electrons. The fraction of sp³-hybridized carbons (Fsp3) is 0.448. The van der Waals surface area contributed by atoms with Gasteiger partial charge in [-0.05, 0) is 69.1 Å². The zero-order chi connectivity index (χ0) is 28.9. The van der Waals surface area contributed by atoms with Gasteiger partial charge >= 0.3 is 0 Å². The van der Waals surface area contributed by atoms with Crippen LogP contribution in [0.5, 0.6) is 5.75 Å². The van der Waals surface area contributed by atoms with Crippen molar-refractivity contribution < 1.29 is 28.6 Å². The Bertz CT molecular complexity index is 1310. The van der Waals surface area contributed by atoms with Gasteiger partial charge in [-0.2, -0.15) is 0 Å². The van der Waals surface area contributed by atoms with Crippen molar-refractivity contribution in [3.05, 3.63) is 59.8 Å². The molecule has 11 heteroatoms. The van der Waals surface area contributed by atoms with Gasteiger partial charge in [0.1, 0.15) is 17.4 Å². The van der Waals surface area contributed by atoms with Crippen LogP contribution in [0.1, 0.15) is 37.4 Å². The average molecular weight is 558 g/mol. The van der Waals surface area contributed by atoms with E-state index in [-0.39, 0.29) is 0 Å². The summed E-state index contributed by atoms with van der Waals surface area (Å²) in [6.07, 6.45) is 2.51. The monoisotopic (exact) mass is 557 g/mol. The normalized spacial score (nSPS) is 16.0. The number of carbonyl (C=O) groups excluding carboxylic acids is 1. The van der Waals surface area contributed by atoms with E-state index in [1.165, 1.54) is 12.1 Å². The molecule has 0 saturated carbocycles. The van der Waals surface area contributed by atoms with E-state index in [4.69, 9.17) is 4.74 Å². The predicted molar refractivity (Wildman–Crippen MR) is 150 cm³/mol. The second-order valence-corrected chi connectivity index (χ2v) is 10.5. The molecule has 9 nitrogen and oxygen atoms in total. The number of hydroxylamine groups is 1. The van der Waals surface area contributed by atoms with Gasteiger partial charge in [0, 0.05) is 49.9 Å². The van der Waals surface area contributed by atoms with Gasteiger partial charge in [-0.3, -0.25) is 15.0 Å². The maximum atomic E-state index is 13.4. The first-order valence-corrected chi connectivity index (χ1v) is 13.3. The van der Waals surface area contributed by atoms with Gasteiger partial charge in [-0.25, -0.2) is 14.3 Å². The van der Waals surface area contributed by atoms with Gasteiger partial charge in [0.05, 0.1) is 36.0 Å².